The Hall–Kier alpha value is -2.30. The van der Waals surface area contributed by atoms with Crippen molar-refractivity contribution in [2.45, 2.75) is 26.3 Å². The molecule has 0 amide bonds. The summed E-state index contributed by atoms with van der Waals surface area (Å²) in [6.07, 6.45) is 1.81. The van der Waals surface area contributed by atoms with Gasteiger partial charge in [-0.1, -0.05) is 11.6 Å². The molecule has 1 N–H and O–H groups in total. The fourth-order valence-corrected chi connectivity index (χ4v) is 3.94. The maximum Gasteiger partial charge on any atom is 0.0737 e. The van der Waals surface area contributed by atoms with Gasteiger partial charge in [0.1, 0.15) is 0 Å². The van der Waals surface area contributed by atoms with Gasteiger partial charge in [0.05, 0.1) is 5.52 Å². The summed E-state index contributed by atoms with van der Waals surface area (Å²) in [6.45, 7) is 11.2. The van der Waals surface area contributed by atoms with Gasteiger partial charge in [-0.05, 0) is 69.3 Å². The molecule has 0 saturated carbocycles. The normalized spacial score (nSPS) is 15.8. The van der Waals surface area contributed by atoms with E-state index >= 15 is 0 Å². The van der Waals surface area contributed by atoms with E-state index in [0.717, 1.165) is 48.5 Å². The van der Waals surface area contributed by atoms with E-state index < -0.39 is 0 Å². The lowest BCUT2D eigenvalue weighted by Gasteiger charge is -2.43. The first-order valence-corrected chi connectivity index (χ1v) is 10.2. The van der Waals surface area contributed by atoms with Crippen LogP contribution in [0.2, 0.25) is 5.02 Å². The molecule has 0 aliphatic carbocycles. The SMILES string of the molecule is CC(C)(C)N1CCN(c2ccc(Nc3ccnc4cc(Cl)ccc34)cc2)CC1. The van der Waals surface area contributed by atoms with Crippen molar-refractivity contribution >= 4 is 39.6 Å². The van der Waals surface area contributed by atoms with E-state index in [2.05, 4.69) is 65.1 Å². The van der Waals surface area contributed by atoms with Crippen LogP contribution in [0.4, 0.5) is 17.1 Å². The highest BCUT2D eigenvalue weighted by molar-refractivity contribution is 6.31. The molecule has 0 radical (unpaired) electrons. The van der Waals surface area contributed by atoms with Crippen LogP contribution in [0, 0.1) is 0 Å². The Morgan fingerprint density at radius 2 is 1.64 bits per heavy atom. The lowest BCUT2D eigenvalue weighted by atomic mass is 10.0. The number of fused-ring (bicyclic) bond motifs is 1. The Morgan fingerprint density at radius 3 is 2.32 bits per heavy atom. The van der Waals surface area contributed by atoms with Gasteiger partial charge in [-0.3, -0.25) is 9.88 Å². The Labute approximate surface area is 172 Å². The largest absolute Gasteiger partial charge is 0.369 e. The van der Waals surface area contributed by atoms with E-state index in [-0.39, 0.29) is 5.54 Å². The van der Waals surface area contributed by atoms with E-state index in [1.54, 1.807) is 0 Å². The molecule has 1 aliphatic heterocycles. The minimum atomic E-state index is 0.247. The van der Waals surface area contributed by atoms with E-state index in [9.17, 15) is 0 Å². The zero-order valence-electron chi connectivity index (χ0n) is 16.7. The number of benzene rings is 2. The summed E-state index contributed by atoms with van der Waals surface area (Å²) in [5, 5.41) is 5.28. The molecule has 2 aromatic carbocycles. The number of halogens is 1. The molecular formula is C23H27ClN4. The second-order valence-electron chi connectivity index (χ2n) is 8.34. The summed E-state index contributed by atoms with van der Waals surface area (Å²) in [6, 6.07) is 16.5. The lowest BCUT2D eigenvalue weighted by molar-refractivity contribution is 0.128. The van der Waals surface area contributed by atoms with Crippen LogP contribution >= 0.6 is 11.6 Å². The van der Waals surface area contributed by atoms with Crippen molar-refractivity contribution in [3.8, 4) is 0 Å². The van der Waals surface area contributed by atoms with Crippen LogP contribution in [0.25, 0.3) is 10.9 Å². The zero-order valence-corrected chi connectivity index (χ0v) is 17.5. The highest BCUT2D eigenvalue weighted by atomic mass is 35.5. The second-order valence-corrected chi connectivity index (χ2v) is 8.77. The molecule has 3 aromatic rings. The standard InChI is InChI=1S/C23H27ClN4/c1-23(2,3)28-14-12-27(13-15-28)19-7-5-18(6-8-19)26-21-10-11-25-22-16-17(24)4-9-20(21)22/h4-11,16H,12-15H2,1-3H3,(H,25,26). The maximum absolute atomic E-state index is 6.09. The minimum Gasteiger partial charge on any atom is -0.369 e. The fourth-order valence-electron chi connectivity index (χ4n) is 3.78. The van der Waals surface area contributed by atoms with Crippen molar-refractivity contribution < 1.29 is 0 Å². The summed E-state index contributed by atoms with van der Waals surface area (Å²) in [5.74, 6) is 0. The average Bonchev–Trinajstić information content (AvgIpc) is 2.68. The number of hydrogen-bond donors (Lipinski definition) is 1. The van der Waals surface area contributed by atoms with Gasteiger partial charge in [-0.15, -0.1) is 0 Å². The summed E-state index contributed by atoms with van der Waals surface area (Å²) in [5.41, 5.74) is 4.53. The van der Waals surface area contributed by atoms with Crippen LogP contribution in [0.1, 0.15) is 20.8 Å². The molecule has 0 atom stereocenters. The van der Waals surface area contributed by atoms with Crippen molar-refractivity contribution in [2.75, 3.05) is 36.4 Å². The third-order valence-electron chi connectivity index (χ3n) is 5.44. The van der Waals surface area contributed by atoms with Gasteiger partial charge in [0.2, 0.25) is 0 Å². The molecule has 146 valence electrons. The lowest BCUT2D eigenvalue weighted by Crippen LogP contribution is -2.53. The number of nitrogens with one attached hydrogen (secondary N) is 1. The van der Waals surface area contributed by atoms with Gasteiger partial charge in [-0.25, -0.2) is 0 Å². The third-order valence-corrected chi connectivity index (χ3v) is 5.68. The van der Waals surface area contributed by atoms with Crippen LogP contribution in [-0.2, 0) is 0 Å². The minimum absolute atomic E-state index is 0.247. The Morgan fingerprint density at radius 1 is 0.929 bits per heavy atom. The summed E-state index contributed by atoms with van der Waals surface area (Å²) in [7, 11) is 0. The topological polar surface area (TPSA) is 31.4 Å². The van der Waals surface area contributed by atoms with Gasteiger partial charge < -0.3 is 10.2 Å². The number of hydrogen-bond acceptors (Lipinski definition) is 4. The van der Waals surface area contributed by atoms with E-state index in [0.29, 0.717) is 5.02 Å². The predicted octanol–water partition coefficient (Wildman–Crippen LogP) is 5.55. The van der Waals surface area contributed by atoms with Gasteiger partial charge in [0.15, 0.2) is 0 Å². The maximum atomic E-state index is 6.09. The first-order valence-electron chi connectivity index (χ1n) is 9.81. The summed E-state index contributed by atoms with van der Waals surface area (Å²) >= 11 is 6.09. The number of anilines is 3. The van der Waals surface area contributed by atoms with Crippen LogP contribution in [0.15, 0.2) is 54.7 Å². The monoisotopic (exact) mass is 394 g/mol. The molecule has 1 fully saturated rings. The highest BCUT2D eigenvalue weighted by Crippen LogP contribution is 2.28. The molecule has 0 bridgehead atoms. The van der Waals surface area contributed by atoms with Gasteiger partial charge in [0, 0.05) is 65.4 Å². The van der Waals surface area contributed by atoms with Crippen molar-refractivity contribution in [1.29, 1.82) is 0 Å². The number of nitrogens with zero attached hydrogens (tertiary/aromatic N) is 3. The van der Waals surface area contributed by atoms with Crippen LogP contribution in [-0.4, -0.2) is 41.6 Å². The molecule has 1 aromatic heterocycles. The van der Waals surface area contributed by atoms with Crippen molar-refractivity contribution in [1.82, 2.24) is 9.88 Å². The van der Waals surface area contributed by atoms with Crippen LogP contribution in [0.3, 0.4) is 0 Å². The fraction of sp³-hybridized carbons (Fsp3) is 0.348. The van der Waals surface area contributed by atoms with Crippen LogP contribution < -0.4 is 10.2 Å². The molecule has 4 rings (SSSR count). The number of pyridine rings is 1. The number of piperazine rings is 1. The molecule has 0 spiro atoms. The molecule has 4 nitrogen and oxygen atoms in total. The quantitative estimate of drug-likeness (QED) is 0.630. The van der Waals surface area contributed by atoms with Gasteiger partial charge in [0.25, 0.3) is 0 Å². The molecule has 1 aliphatic rings. The Balaban J connectivity index is 1.46. The van der Waals surface area contributed by atoms with E-state index in [4.69, 9.17) is 11.6 Å². The molecule has 1 saturated heterocycles. The van der Waals surface area contributed by atoms with Gasteiger partial charge in [-0.2, -0.15) is 0 Å². The summed E-state index contributed by atoms with van der Waals surface area (Å²) < 4.78 is 0. The van der Waals surface area contributed by atoms with Crippen molar-refractivity contribution in [3.05, 3.63) is 59.8 Å². The van der Waals surface area contributed by atoms with Crippen molar-refractivity contribution in [2.24, 2.45) is 0 Å². The molecule has 2 heterocycles. The molecule has 5 heteroatoms. The number of aromatic nitrogens is 1. The van der Waals surface area contributed by atoms with Crippen LogP contribution in [0.5, 0.6) is 0 Å². The highest BCUT2D eigenvalue weighted by Gasteiger charge is 2.25. The predicted molar refractivity (Wildman–Crippen MR) is 120 cm³/mol. The Bertz CT molecular complexity index is 954. The zero-order chi connectivity index (χ0) is 19.7. The van der Waals surface area contributed by atoms with E-state index in [1.165, 1.54) is 5.69 Å². The summed E-state index contributed by atoms with van der Waals surface area (Å²) in [4.78, 5) is 9.43. The van der Waals surface area contributed by atoms with E-state index in [1.807, 2.05) is 30.5 Å². The smallest absolute Gasteiger partial charge is 0.0737 e. The molecule has 28 heavy (non-hydrogen) atoms. The van der Waals surface area contributed by atoms with Gasteiger partial charge >= 0.3 is 0 Å². The third kappa shape index (κ3) is 4.08. The number of rotatable bonds is 3. The van der Waals surface area contributed by atoms with Crippen molar-refractivity contribution in [3.63, 3.8) is 0 Å². The first kappa shape index (κ1) is 19.0. The average molecular weight is 395 g/mol. The Kier molecular flexibility index (Phi) is 5.17. The molecular weight excluding hydrogens is 368 g/mol. The first-order chi connectivity index (χ1) is 13.4. The molecule has 0 unspecified atom stereocenters. The second kappa shape index (κ2) is 7.61.